The van der Waals surface area contributed by atoms with E-state index in [4.69, 9.17) is 0 Å². The molecule has 0 saturated heterocycles. The fraction of sp³-hybridized carbons (Fsp3) is 0.250. The lowest BCUT2D eigenvalue weighted by atomic mass is 10.2. The van der Waals surface area contributed by atoms with Gasteiger partial charge in [-0.15, -0.1) is 0 Å². The van der Waals surface area contributed by atoms with Gasteiger partial charge in [-0.1, -0.05) is 15.9 Å². The summed E-state index contributed by atoms with van der Waals surface area (Å²) in [7, 11) is 3.39. The van der Waals surface area contributed by atoms with Crippen molar-refractivity contribution in [3.05, 3.63) is 77.8 Å². The predicted octanol–water partition coefficient (Wildman–Crippen LogP) is 2.78. The summed E-state index contributed by atoms with van der Waals surface area (Å²) in [6.07, 6.45) is 1.23. The van der Waals surface area contributed by atoms with Crippen LogP contribution in [-0.4, -0.2) is 43.1 Å². The molecule has 0 aliphatic heterocycles. The Hall–Kier alpha value is -3.86. The van der Waals surface area contributed by atoms with E-state index in [1.165, 1.54) is 10.8 Å². The molecule has 0 amide bonds. The molecule has 0 fully saturated rings. The zero-order chi connectivity index (χ0) is 25.4. The minimum atomic E-state index is -0.767. The quantitative estimate of drug-likeness (QED) is 0.364. The van der Waals surface area contributed by atoms with E-state index >= 15 is 0 Å². The van der Waals surface area contributed by atoms with E-state index in [2.05, 4.69) is 30.8 Å². The molecule has 0 bridgehead atoms. The van der Waals surface area contributed by atoms with Gasteiger partial charge in [-0.25, -0.2) is 14.2 Å². The number of aliphatic imine (C=N–C) groups is 1. The molecule has 10 nitrogen and oxygen atoms in total. The van der Waals surface area contributed by atoms with Crippen LogP contribution < -0.4 is 21.8 Å². The van der Waals surface area contributed by atoms with Gasteiger partial charge in [0.25, 0.3) is 5.56 Å². The molecule has 35 heavy (non-hydrogen) atoms. The minimum absolute atomic E-state index is 0.165. The fourth-order valence-corrected chi connectivity index (χ4v) is 4.33. The highest BCUT2D eigenvalue weighted by Crippen LogP contribution is 2.33. The van der Waals surface area contributed by atoms with E-state index in [9.17, 15) is 19.5 Å². The summed E-state index contributed by atoms with van der Waals surface area (Å²) in [4.78, 5) is 46.4. The Balaban J connectivity index is 1.92. The van der Waals surface area contributed by atoms with Crippen molar-refractivity contribution in [3.8, 4) is 11.6 Å². The van der Waals surface area contributed by atoms with Crippen LogP contribution in [0.25, 0.3) is 16.7 Å². The van der Waals surface area contributed by atoms with E-state index < -0.39 is 17.1 Å². The molecule has 182 valence electrons. The average Bonchev–Trinajstić information content (AvgIpc) is 3.04. The van der Waals surface area contributed by atoms with Crippen molar-refractivity contribution in [2.75, 3.05) is 18.0 Å². The number of halogens is 1. The van der Waals surface area contributed by atoms with Crippen molar-refractivity contribution < 1.29 is 5.11 Å². The number of rotatable bonds is 6. The van der Waals surface area contributed by atoms with Crippen molar-refractivity contribution in [3.63, 3.8) is 0 Å². The van der Waals surface area contributed by atoms with Gasteiger partial charge in [-0.2, -0.15) is 0 Å². The largest absolute Gasteiger partial charge is 0.493 e. The molecular weight excluding hydrogens is 516 g/mol. The maximum atomic E-state index is 12.6. The van der Waals surface area contributed by atoms with Crippen LogP contribution in [0.15, 0.2) is 60.2 Å². The molecule has 0 aliphatic carbocycles. The molecule has 0 aliphatic rings. The summed E-state index contributed by atoms with van der Waals surface area (Å²) < 4.78 is 4.90. The van der Waals surface area contributed by atoms with Gasteiger partial charge >= 0.3 is 11.4 Å². The van der Waals surface area contributed by atoms with E-state index in [1.54, 1.807) is 49.0 Å². The van der Waals surface area contributed by atoms with Gasteiger partial charge in [-0.3, -0.25) is 23.9 Å². The molecule has 0 unspecified atom stereocenters. The first kappa shape index (κ1) is 24.3. The number of hydrogen-bond donors (Lipinski definition) is 2. The summed E-state index contributed by atoms with van der Waals surface area (Å²) in [5, 5.41) is 10.9. The van der Waals surface area contributed by atoms with Gasteiger partial charge in [0.15, 0.2) is 0 Å². The molecule has 2 aromatic heterocycles. The third-order valence-corrected chi connectivity index (χ3v) is 6.54. The number of nitrogens with zero attached hydrogens (tertiary/aromatic N) is 5. The average molecular weight is 541 g/mol. The van der Waals surface area contributed by atoms with Gasteiger partial charge < -0.3 is 10.0 Å². The highest BCUT2D eigenvalue weighted by atomic mass is 79.9. The molecule has 0 atom stereocenters. The number of aromatic hydroxyl groups is 1. The monoisotopic (exact) mass is 540 g/mol. The normalized spacial score (nSPS) is 11.6. The van der Waals surface area contributed by atoms with Crippen LogP contribution in [0.4, 0.5) is 11.4 Å². The Bertz CT molecular complexity index is 1620. The van der Waals surface area contributed by atoms with Gasteiger partial charge in [-0.05, 0) is 50.2 Å². The minimum Gasteiger partial charge on any atom is -0.493 e. The Labute approximate surface area is 208 Å². The number of H-pyrrole nitrogens is 1. The van der Waals surface area contributed by atoms with Crippen LogP contribution in [0.2, 0.25) is 0 Å². The first-order chi connectivity index (χ1) is 16.7. The number of aromatic amines is 1. The third-order valence-electron chi connectivity index (χ3n) is 6.01. The summed E-state index contributed by atoms with van der Waals surface area (Å²) in [6, 6.07) is 10.4. The van der Waals surface area contributed by atoms with Gasteiger partial charge in [0.2, 0.25) is 5.88 Å². The number of aromatic nitrogens is 4. The Kier molecular flexibility index (Phi) is 6.53. The maximum absolute atomic E-state index is 12.6. The van der Waals surface area contributed by atoms with Crippen LogP contribution in [-0.2, 0) is 14.1 Å². The molecule has 2 N–H and O–H groups in total. The van der Waals surface area contributed by atoms with Crippen LogP contribution in [0.1, 0.15) is 19.4 Å². The van der Waals surface area contributed by atoms with Gasteiger partial charge in [0, 0.05) is 37.9 Å². The van der Waals surface area contributed by atoms with E-state index in [0.29, 0.717) is 30.0 Å². The lowest BCUT2D eigenvalue weighted by molar-refractivity contribution is 0.430. The molecule has 0 saturated carbocycles. The number of imidazole rings is 1. The van der Waals surface area contributed by atoms with Crippen molar-refractivity contribution in [2.45, 2.75) is 13.8 Å². The highest BCUT2D eigenvalue weighted by Gasteiger charge is 2.17. The summed E-state index contributed by atoms with van der Waals surface area (Å²) in [5.41, 5.74) is 1.24. The van der Waals surface area contributed by atoms with E-state index in [-0.39, 0.29) is 11.3 Å². The molecule has 2 heterocycles. The lowest BCUT2D eigenvalue weighted by Crippen LogP contribution is -2.31. The third kappa shape index (κ3) is 4.23. The maximum Gasteiger partial charge on any atom is 0.335 e. The standard InChI is InChI=1S/C24H25BrN6O4/c1-5-30(6-2)18-12-20-19(28(3)24(35)29(20)4)11-17(18)26-13-16-21(32)27-23(34)31(22(16)33)15-9-7-14(25)8-10-15/h7-13,33H,5-6H2,1-4H3,(H,27,32,34). The molecule has 4 aromatic rings. The molecular formula is C24H25BrN6O4. The first-order valence-electron chi connectivity index (χ1n) is 11.0. The van der Waals surface area contributed by atoms with Crippen molar-refractivity contribution in [2.24, 2.45) is 19.1 Å². The van der Waals surface area contributed by atoms with Gasteiger partial charge in [0.05, 0.1) is 28.1 Å². The van der Waals surface area contributed by atoms with Crippen molar-refractivity contribution in [1.82, 2.24) is 18.7 Å². The van der Waals surface area contributed by atoms with Crippen LogP contribution in [0, 0.1) is 0 Å². The lowest BCUT2D eigenvalue weighted by Gasteiger charge is -2.23. The summed E-state index contributed by atoms with van der Waals surface area (Å²) in [6.45, 7) is 5.42. The number of nitrogens with one attached hydrogen (secondary N) is 1. The second-order valence-electron chi connectivity index (χ2n) is 7.97. The molecule has 4 rings (SSSR count). The van der Waals surface area contributed by atoms with Gasteiger partial charge in [0.1, 0.15) is 5.56 Å². The zero-order valence-electron chi connectivity index (χ0n) is 19.7. The number of benzene rings is 2. The number of fused-ring (bicyclic) bond motifs is 1. The Morgan fingerprint density at radius 2 is 1.63 bits per heavy atom. The first-order valence-corrected chi connectivity index (χ1v) is 11.8. The zero-order valence-corrected chi connectivity index (χ0v) is 21.3. The number of hydrogen-bond acceptors (Lipinski definition) is 6. The van der Waals surface area contributed by atoms with Crippen LogP contribution in [0.5, 0.6) is 5.88 Å². The molecule has 11 heteroatoms. The van der Waals surface area contributed by atoms with Crippen LogP contribution >= 0.6 is 15.9 Å². The van der Waals surface area contributed by atoms with Crippen LogP contribution in [0.3, 0.4) is 0 Å². The number of aryl methyl sites for hydroxylation is 2. The topological polar surface area (TPSA) is 118 Å². The van der Waals surface area contributed by atoms with E-state index in [1.807, 2.05) is 19.9 Å². The van der Waals surface area contributed by atoms with Crippen molar-refractivity contribution in [1.29, 1.82) is 0 Å². The molecule has 0 radical (unpaired) electrons. The van der Waals surface area contributed by atoms with E-state index in [0.717, 1.165) is 20.2 Å². The second kappa shape index (κ2) is 9.41. The molecule has 0 spiro atoms. The SMILES string of the molecule is CCN(CC)c1cc2c(cc1N=Cc1c(O)n(-c3ccc(Br)cc3)c(=O)[nH]c1=O)n(C)c(=O)n2C. The smallest absolute Gasteiger partial charge is 0.335 e. The Morgan fingerprint density at radius 3 is 2.23 bits per heavy atom. The fourth-order valence-electron chi connectivity index (χ4n) is 4.06. The highest BCUT2D eigenvalue weighted by molar-refractivity contribution is 9.10. The van der Waals surface area contributed by atoms with Crippen molar-refractivity contribution >= 4 is 44.6 Å². The summed E-state index contributed by atoms with van der Waals surface area (Å²) in [5.74, 6) is -0.526. The molecule has 2 aromatic carbocycles. The summed E-state index contributed by atoms with van der Waals surface area (Å²) >= 11 is 3.33. The second-order valence-corrected chi connectivity index (χ2v) is 8.88. The Morgan fingerprint density at radius 1 is 1.03 bits per heavy atom. The number of anilines is 1. The predicted molar refractivity (Wildman–Crippen MR) is 141 cm³/mol.